The third-order valence-electron chi connectivity index (χ3n) is 4.84. The van der Waals surface area contributed by atoms with Crippen molar-refractivity contribution in [1.82, 2.24) is 10.7 Å². The molecule has 0 aliphatic heterocycles. The second kappa shape index (κ2) is 11.5. The zero-order valence-electron chi connectivity index (χ0n) is 18.4. The van der Waals surface area contributed by atoms with Crippen LogP contribution in [-0.2, 0) is 4.79 Å². The van der Waals surface area contributed by atoms with Gasteiger partial charge in [0.2, 0.25) is 0 Å². The average molecular weight is 582 g/mol. The molecule has 1 unspecified atom stereocenters. The Morgan fingerprint density at radius 2 is 1.86 bits per heavy atom. The lowest BCUT2D eigenvalue weighted by Gasteiger charge is -2.20. The molecule has 3 aromatic rings. The number of nitrogens with one attached hydrogen (secondary N) is 2. The molecule has 2 amide bonds. The fourth-order valence-electron chi connectivity index (χ4n) is 3.01. The molecule has 1 aromatic heterocycles. The van der Waals surface area contributed by atoms with Crippen LogP contribution in [0.1, 0.15) is 30.0 Å². The zero-order valence-corrected chi connectivity index (χ0v) is 21.5. The Labute approximate surface area is 218 Å². The number of benzene rings is 2. The number of nitro benzene ring substituents is 1. The number of hydrogen-bond acceptors (Lipinski definition) is 6. The topological polar surface area (TPSA) is 127 Å². The largest absolute Gasteiger partial charge is 0.455 e. The van der Waals surface area contributed by atoms with Gasteiger partial charge in [-0.15, -0.1) is 0 Å². The van der Waals surface area contributed by atoms with Crippen molar-refractivity contribution in [2.75, 3.05) is 0 Å². The van der Waals surface area contributed by atoms with Gasteiger partial charge in [0.05, 0.1) is 21.2 Å². The van der Waals surface area contributed by atoms with E-state index in [0.29, 0.717) is 26.6 Å². The summed E-state index contributed by atoms with van der Waals surface area (Å²) in [6.07, 6.45) is 1.30. The van der Waals surface area contributed by atoms with Crippen LogP contribution in [0.3, 0.4) is 0 Å². The number of hydrogen-bond donors (Lipinski definition) is 2. The van der Waals surface area contributed by atoms with Crippen molar-refractivity contribution in [3.05, 3.63) is 84.5 Å². The van der Waals surface area contributed by atoms with Gasteiger partial charge in [-0.05, 0) is 58.2 Å². The minimum Gasteiger partial charge on any atom is -0.455 e. The lowest BCUT2D eigenvalue weighted by atomic mass is 10.0. The first kappa shape index (κ1) is 26.4. The molecule has 0 fully saturated rings. The number of rotatable bonds is 8. The molecule has 0 saturated carbocycles. The summed E-state index contributed by atoms with van der Waals surface area (Å²) in [5.74, 6) is -0.438. The molecule has 0 spiro atoms. The fraction of sp³-hybridized carbons (Fsp3) is 0.174. The lowest BCUT2D eigenvalue weighted by molar-refractivity contribution is -0.384. The molecule has 0 bridgehead atoms. The Hall–Kier alpha value is -3.21. The van der Waals surface area contributed by atoms with E-state index in [-0.39, 0.29) is 22.2 Å². The average Bonchev–Trinajstić information content (AvgIpc) is 3.27. The summed E-state index contributed by atoms with van der Waals surface area (Å²) in [5.41, 5.74) is 3.22. The maximum Gasteiger partial charge on any atom is 0.270 e. The van der Waals surface area contributed by atoms with E-state index in [1.165, 1.54) is 36.5 Å². The third-order valence-corrected chi connectivity index (χ3v) is 6.23. The fourth-order valence-corrected chi connectivity index (χ4v) is 3.87. The van der Waals surface area contributed by atoms with Crippen molar-refractivity contribution in [1.29, 1.82) is 0 Å². The molecule has 0 radical (unpaired) electrons. The van der Waals surface area contributed by atoms with Crippen LogP contribution in [0.25, 0.3) is 11.3 Å². The molecule has 3 rings (SSSR count). The predicted octanol–water partition coefficient (Wildman–Crippen LogP) is 5.83. The summed E-state index contributed by atoms with van der Waals surface area (Å²) in [5, 5.41) is 18.0. The molecule has 12 heteroatoms. The van der Waals surface area contributed by atoms with E-state index in [1.807, 2.05) is 0 Å². The lowest BCUT2D eigenvalue weighted by Crippen LogP contribution is -2.48. The summed E-state index contributed by atoms with van der Waals surface area (Å²) in [7, 11) is 0. The number of nitrogens with zero attached hydrogens (tertiary/aromatic N) is 2. The van der Waals surface area contributed by atoms with Crippen LogP contribution in [0.4, 0.5) is 5.69 Å². The second-order valence-corrected chi connectivity index (χ2v) is 9.35. The highest BCUT2D eigenvalue weighted by Crippen LogP contribution is 2.32. The van der Waals surface area contributed by atoms with Gasteiger partial charge in [-0.3, -0.25) is 19.7 Å². The van der Waals surface area contributed by atoms with Crippen molar-refractivity contribution in [2.24, 2.45) is 11.0 Å². The number of carbonyl (C=O) groups excluding carboxylic acids is 2. The molecule has 0 aliphatic carbocycles. The second-order valence-electron chi connectivity index (χ2n) is 7.68. The van der Waals surface area contributed by atoms with Crippen LogP contribution >= 0.6 is 39.1 Å². The van der Waals surface area contributed by atoms with Crippen molar-refractivity contribution in [3.8, 4) is 11.3 Å². The number of halogens is 3. The van der Waals surface area contributed by atoms with E-state index in [9.17, 15) is 19.7 Å². The van der Waals surface area contributed by atoms with E-state index >= 15 is 0 Å². The standard InChI is InChI=1S/C23H19BrCl2N4O5/c1-12(2)21(28-22(31)13-3-7-18(25)19(26)9-13)23(32)29-27-11-15-5-8-20(35-15)16-6-4-14(30(33)34)10-17(16)24/h3-12,21H,1-2H3,(H,28,31)(H,29,32)/b27-11+. The van der Waals surface area contributed by atoms with E-state index in [0.717, 1.165) is 0 Å². The molecule has 0 saturated heterocycles. The van der Waals surface area contributed by atoms with Gasteiger partial charge < -0.3 is 9.73 Å². The van der Waals surface area contributed by atoms with Gasteiger partial charge in [-0.2, -0.15) is 5.10 Å². The predicted molar refractivity (Wildman–Crippen MR) is 137 cm³/mol. The van der Waals surface area contributed by atoms with Gasteiger partial charge in [0.25, 0.3) is 17.5 Å². The number of amides is 2. The normalized spacial score (nSPS) is 12.1. The summed E-state index contributed by atoms with van der Waals surface area (Å²) >= 11 is 15.2. The van der Waals surface area contributed by atoms with Crippen molar-refractivity contribution in [2.45, 2.75) is 19.9 Å². The smallest absolute Gasteiger partial charge is 0.270 e. The first-order valence-corrected chi connectivity index (χ1v) is 11.7. The Kier molecular flexibility index (Phi) is 8.66. The molecule has 182 valence electrons. The van der Waals surface area contributed by atoms with Crippen molar-refractivity contribution < 1.29 is 18.9 Å². The molecule has 0 aliphatic rings. The van der Waals surface area contributed by atoms with Crippen molar-refractivity contribution in [3.63, 3.8) is 0 Å². The summed E-state index contributed by atoms with van der Waals surface area (Å²) in [6.45, 7) is 3.56. The van der Waals surface area contributed by atoms with Gasteiger partial charge in [-0.25, -0.2) is 5.43 Å². The number of non-ortho nitro benzene ring substituents is 1. The molecular formula is C23H19BrCl2N4O5. The van der Waals surface area contributed by atoms with Crippen LogP contribution in [-0.4, -0.2) is 29.0 Å². The van der Waals surface area contributed by atoms with Crippen LogP contribution in [0, 0.1) is 16.0 Å². The van der Waals surface area contributed by atoms with Gasteiger partial charge in [-0.1, -0.05) is 37.0 Å². The highest BCUT2D eigenvalue weighted by Gasteiger charge is 2.25. The van der Waals surface area contributed by atoms with Gasteiger partial charge in [0.15, 0.2) is 0 Å². The first-order valence-electron chi connectivity index (χ1n) is 10.2. The maximum absolute atomic E-state index is 12.6. The van der Waals surface area contributed by atoms with Gasteiger partial charge in [0.1, 0.15) is 17.6 Å². The minimum absolute atomic E-state index is 0.0531. The van der Waals surface area contributed by atoms with E-state index in [2.05, 4.69) is 31.8 Å². The molecule has 1 heterocycles. The van der Waals surface area contributed by atoms with E-state index < -0.39 is 22.8 Å². The quantitative estimate of drug-likeness (QED) is 0.196. The SMILES string of the molecule is CC(C)C(NC(=O)c1ccc(Cl)c(Cl)c1)C(=O)N/N=C/c1ccc(-c2ccc([N+](=O)[O-])cc2Br)o1. The molecule has 9 nitrogen and oxygen atoms in total. The number of hydrazone groups is 1. The van der Waals surface area contributed by atoms with Gasteiger partial charge in [0, 0.05) is 27.7 Å². The molecular weight excluding hydrogens is 563 g/mol. The van der Waals surface area contributed by atoms with E-state index in [4.69, 9.17) is 27.6 Å². The van der Waals surface area contributed by atoms with Crippen molar-refractivity contribution >= 4 is 62.8 Å². The number of nitro groups is 1. The van der Waals surface area contributed by atoms with Crippen LogP contribution in [0.5, 0.6) is 0 Å². The molecule has 2 N–H and O–H groups in total. The summed E-state index contributed by atoms with van der Waals surface area (Å²) < 4.78 is 6.19. The van der Waals surface area contributed by atoms with Gasteiger partial charge >= 0.3 is 0 Å². The highest BCUT2D eigenvalue weighted by atomic mass is 79.9. The van der Waals surface area contributed by atoms with Crippen LogP contribution in [0.2, 0.25) is 10.0 Å². The van der Waals surface area contributed by atoms with E-state index in [1.54, 1.807) is 32.0 Å². The Morgan fingerprint density at radius 1 is 1.11 bits per heavy atom. The minimum atomic E-state index is -0.864. The Bertz CT molecular complexity index is 1310. The molecule has 35 heavy (non-hydrogen) atoms. The third kappa shape index (κ3) is 6.68. The monoisotopic (exact) mass is 580 g/mol. The van der Waals surface area contributed by atoms with Crippen LogP contribution in [0.15, 0.2) is 62.5 Å². The highest BCUT2D eigenvalue weighted by molar-refractivity contribution is 9.10. The molecule has 1 atom stereocenters. The maximum atomic E-state index is 12.6. The summed E-state index contributed by atoms with van der Waals surface area (Å²) in [4.78, 5) is 35.6. The van der Waals surface area contributed by atoms with Crippen LogP contribution < -0.4 is 10.7 Å². The molecule has 2 aromatic carbocycles. The Morgan fingerprint density at radius 3 is 2.49 bits per heavy atom. The Balaban J connectivity index is 1.65. The number of carbonyl (C=O) groups is 2. The summed E-state index contributed by atoms with van der Waals surface area (Å²) in [6, 6.07) is 11.2. The zero-order chi connectivity index (χ0) is 25.7. The first-order chi connectivity index (χ1) is 16.6. The number of furan rings is 1.